The third-order valence-corrected chi connectivity index (χ3v) is 6.80. The van der Waals surface area contributed by atoms with Gasteiger partial charge in [0.2, 0.25) is 5.91 Å². The zero-order valence-corrected chi connectivity index (χ0v) is 23.2. The molecule has 0 spiro atoms. The fourth-order valence-electron chi connectivity index (χ4n) is 4.16. The van der Waals surface area contributed by atoms with Crippen molar-refractivity contribution in [1.29, 1.82) is 0 Å². The van der Waals surface area contributed by atoms with Gasteiger partial charge in [0.1, 0.15) is 29.3 Å². The molecule has 4 aromatic heterocycles. The van der Waals surface area contributed by atoms with Crippen molar-refractivity contribution in [1.82, 2.24) is 29.4 Å². The molecule has 0 aliphatic heterocycles. The molecule has 12 nitrogen and oxygen atoms in total. The predicted molar refractivity (Wildman–Crippen MR) is 153 cm³/mol. The highest BCUT2D eigenvalue weighted by molar-refractivity contribution is 6.41. The summed E-state index contributed by atoms with van der Waals surface area (Å²) in [6, 6.07) is 5.29. The van der Waals surface area contributed by atoms with Gasteiger partial charge in [-0.05, 0) is 12.1 Å². The lowest BCUT2D eigenvalue weighted by molar-refractivity contribution is -0.111. The van der Waals surface area contributed by atoms with E-state index in [2.05, 4.69) is 37.4 Å². The number of nitrogens with one attached hydrogen (secondary N) is 2. The first-order valence-electron chi connectivity index (χ1n) is 11.9. The van der Waals surface area contributed by atoms with Crippen molar-refractivity contribution in [2.75, 3.05) is 38.6 Å². The number of benzene rings is 1. The molecule has 14 heteroatoms. The number of ether oxygens (including phenoxy) is 3. The Hall–Kier alpha value is -4.39. The number of rotatable bonds is 10. The average molecular weight is 583 g/mol. The molecule has 206 valence electrons. The van der Waals surface area contributed by atoms with Crippen molar-refractivity contribution in [3.05, 3.63) is 59.6 Å². The molecule has 4 heterocycles. The summed E-state index contributed by atoms with van der Waals surface area (Å²) in [6.07, 6.45) is 5.98. The Kier molecular flexibility index (Phi) is 7.74. The van der Waals surface area contributed by atoms with E-state index in [1.165, 1.54) is 26.6 Å². The van der Waals surface area contributed by atoms with E-state index in [0.29, 0.717) is 74.3 Å². The van der Waals surface area contributed by atoms with E-state index in [9.17, 15) is 4.79 Å². The molecule has 1 amide bonds. The lowest BCUT2D eigenvalue weighted by Crippen LogP contribution is -2.08. The molecule has 1 aromatic carbocycles. The smallest absolute Gasteiger partial charge is 0.247 e. The van der Waals surface area contributed by atoms with Crippen LogP contribution < -0.4 is 20.1 Å². The molecular formula is C26H24Cl2N8O4. The van der Waals surface area contributed by atoms with E-state index in [4.69, 9.17) is 37.4 Å². The monoisotopic (exact) mass is 582 g/mol. The molecule has 0 aliphatic rings. The number of methoxy groups -OCH3 is 3. The number of anilines is 3. The number of pyridine rings is 2. The summed E-state index contributed by atoms with van der Waals surface area (Å²) in [5.74, 6) is 1.29. The average Bonchev–Trinajstić information content (AvgIpc) is 3.60. The largest absolute Gasteiger partial charge is 0.495 e. The highest BCUT2D eigenvalue weighted by Gasteiger charge is 2.23. The maximum absolute atomic E-state index is 12.0. The second kappa shape index (κ2) is 11.4. The summed E-state index contributed by atoms with van der Waals surface area (Å²) < 4.78 is 19.3. The van der Waals surface area contributed by atoms with Crippen molar-refractivity contribution in [3.8, 4) is 22.6 Å². The Morgan fingerprint density at radius 2 is 1.85 bits per heavy atom. The van der Waals surface area contributed by atoms with Crippen LogP contribution in [0.15, 0.2) is 49.6 Å². The highest BCUT2D eigenvalue weighted by atomic mass is 35.5. The summed E-state index contributed by atoms with van der Waals surface area (Å²) in [4.78, 5) is 21.0. The molecule has 2 N–H and O–H groups in total. The molecule has 40 heavy (non-hydrogen) atoms. The molecular weight excluding hydrogens is 559 g/mol. The van der Waals surface area contributed by atoms with Crippen LogP contribution >= 0.6 is 23.2 Å². The maximum atomic E-state index is 12.0. The van der Waals surface area contributed by atoms with Crippen LogP contribution in [0.5, 0.6) is 11.5 Å². The molecule has 0 unspecified atom stereocenters. The molecule has 0 radical (unpaired) electrons. The number of carbonyl (C=O) groups is 1. The Bertz CT molecular complexity index is 1720. The summed E-state index contributed by atoms with van der Waals surface area (Å²) in [7, 11) is 4.63. The molecule has 5 rings (SSSR count). The van der Waals surface area contributed by atoms with Crippen LogP contribution in [0.2, 0.25) is 10.0 Å². The predicted octanol–water partition coefficient (Wildman–Crippen LogP) is 4.98. The summed E-state index contributed by atoms with van der Waals surface area (Å²) in [5.41, 5.74) is 2.77. The van der Waals surface area contributed by atoms with Crippen LogP contribution in [0.25, 0.3) is 27.7 Å². The van der Waals surface area contributed by atoms with Gasteiger partial charge in [0.05, 0.1) is 49.1 Å². The first-order chi connectivity index (χ1) is 19.4. The number of amides is 1. The standard InChI is InChI=1S/C26H24Cl2N8O4/c1-5-21(37)32-16-12-35(6-7-38-2)34-25(16)33-20-9-17-14(11-29-20)8-15(26-30-13-31-36(17)26)22-23(27)18(39-3)10-19(40-4)24(22)28/h5,8-13H,1,6-7H2,2-4H3,(H,32,37)(H,29,33,34). The van der Waals surface area contributed by atoms with E-state index >= 15 is 0 Å². The van der Waals surface area contributed by atoms with Gasteiger partial charge in [-0.15, -0.1) is 0 Å². The van der Waals surface area contributed by atoms with E-state index in [1.54, 1.807) is 40.8 Å². The SMILES string of the molecule is C=CC(=O)Nc1cn(CCOC)nc1Nc1cc2c(cn1)cc(-c1c(Cl)c(OC)cc(OC)c1Cl)c1ncnn12. The lowest BCUT2D eigenvalue weighted by Gasteiger charge is -2.16. The number of hydrogen-bond donors (Lipinski definition) is 2. The number of nitrogens with zero attached hydrogens (tertiary/aromatic N) is 6. The van der Waals surface area contributed by atoms with Crippen molar-refractivity contribution in [2.45, 2.75) is 6.54 Å². The summed E-state index contributed by atoms with van der Waals surface area (Å²) >= 11 is 13.4. The minimum Gasteiger partial charge on any atom is -0.495 e. The number of halogens is 2. The van der Waals surface area contributed by atoms with Crippen LogP contribution in [0, 0.1) is 0 Å². The van der Waals surface area contributed by atoms with Gasteiger partial charge in [-0.1, -0.05) is 29.8 Å². The number of aromatic nitrogens is 6. The molecule has 0 aliphatic carbocycles. The van der Waals surface area contributed by atoms with Gasteiger partial charge in [0, 0.05) is 42.0 Å². The summed E-state index contributed by atoms with van der Waals surface area (Å²) in [6.45, 7) is 4.44. The van der Waals surface area contributed by atoms with Crippen LogP contribution in [-0.2, 0) is 16.1 Å². The Balaban J connectivity index is 1.60. The molecule has 0 bridgehead atoms. The second-order valence-corrected chi connectivity index (χ2v) is 9.19. The lowest BCUT2D eigenvalue weighted by atomic mass is 10.0. The Labute approximate surface area is 238 Å². The van der Waals surface area contributed by atoms with E-state index in [0.717, 1.165) is 5.39 Å². The van der Waals surface area contributed by atoms with Crippen LogP contribution in [-0.4, -0.2) is 63.2 Å². The first kappa shape index (κ1) is 27.2. The highest BCUT2D eigenvalue weighted by Crippen LogP contribution is 2.47. The minimum absolute atomic E-state index is 0.307. The number of fused-ring (bicyclic) bond motifs is 3. The van der Waals surface area contributed by atoms with E-state index < -0.39 is 0 Å². The normalized spacial score (nSPS) is 11.1. The van der Waals surface area contributed by atoms with Gasteiger partial charge in [-0.2, -0.15) is 10.2 Å². The minimum atomic E-state index is -0.371. The van der Waals surface area contributed by atoms with Gasteiger partial charge >= 0.3 is 0 Å². The van der Waals surface area contributed by atoms with Crippen LogP contribution in [0.4, 0.5) is 17.3 Å². The van der Waals surface area contributed by atoms with E-state index in [-0.39, 0.29) is 5.91 Å². The third kappa shape index (κ3) is 4.99. The fraction of sp³-hybridized carbons (Fsp3) is 0.192. The van der Waals surface area contributed by atoms with Gasteiger partial charge in [-0.3, -0.25) is 9.48 Å². The molecule has 0 fully saturated rings. The van der Waals surface area contributed by atoms with Crippen molar-refractivity contribution >= 4 is 63.0 Å². The second-order valence-electron chi connectivity index (χ2n) is 8.43. The third-order valence-electron chi connectivity index (χ3n) is 6.05. The van der Waals surface area contributed by atoms with Gasteiger partial charge in [0.25, 0.3) is 0 Å². The first-order valence-corrected chi connectivity index (χ1v) is 12.6. The topological polar surface area (TPSA) is 130 Å². The van der Waals surface area contributed by atoms with Crippen LogP contribution in [0.1, 0.15) is 0 Å². The van der Waals surface area contributed by atoms with Crippen molar-refractivity contribution in [3.63, 3.8) is 0 Å². The van der Waals surface area contributed by atoms with E-state index in [1.807, 2.05) is 6.07 Å². The molecule has 0 saturated carbocycles. The zero-order valence-electron chi connectivity index (χ0n) is 21.7. The van der Waals surface area contributed by atoms with Crippen molar-refractivity contribution in [2.24, 2.45) is 0 Å². The van der Waals surface area contributed by atoms with Gasteiger partial charge < -0.3 is 24.8 Å². The number of carbonyl (C=O) groups excluding carboxylic acids is 1. The molecule has 0 atom stereocenters. The van der Waals surface area contributed by atoms with Crippen LogP contribution in [0.3, 0.4) is 0 Å². The molecule has 0 saturated heterocycles. The number of hydrogen-bond acceptors (Lipinski definition) is 9. The quantitative estimate of drug-likeness (QED) is 0.219. The van der Waals surface area contributed by atoms with Gasteiger partial charge in [-0.25, -0.2) is 14.5 Å². The maximum Gasteiger partial charge on any atom is 0.247 e. The Morgan fingerprint density at radius 1 is 1.10 bits per heavy atom. The Morgan fingerprint density at radius 3 is 2.52 bits per heavy atom. The summed E-state index contributed by atoms with van der Waals surface area (Å²) in [5, 5.41) is 16.2. The zero-order chi connectivity index (χ0) is 28.4. The van der Waals surface area contributed by atoms with Gasteiger partial charge in [0.15, 0.2) is 11.5 Å². The van der Waals surface area contributed by atoms with Crippen molar-refractivity contribution < 1.29 is 19.0 Å². The molecule has 5 aromatic rings. The fourth-order valence-corrected chi connectivity index (χ4v) is 4.86.